The Bertz CT molecular complexity index is 1070. The second-order valence-corrected chi connectivity index (χ2v) is 8.59. The van der Waals surface area contributed by atoms with Gasteiger partial charge in [0, 0.05) is 43.7 Å². The molecule has 0 atom stereocenters. The first-order valence-electron chi connectivity index (χ1n) is 8.73. The van der Waals surface area contributed by atoms with Crippen LogP contribution in [-0.2, 0) is 16.6 Å². The lowest BCUT2D eigenvalue weighted by Gasteiger charge is -2.27. The van der Waals surface area contributed by atoms with E-state index in [9.17, 15) is 8.42 Å². The second-order valence-electron chi connectivity index (χ2n) is 6.54. The average molecular weight is 479 g/mol. The molecule has 1 aromatic heterocycles. The number of nitrogens with one attached hydrogen (secondary N) is 2. The average Bonchev–Trinajstić information content (AvgIpc) is 3.11. The molecule has 0 amide bonds. The monoisotopic (exact) mass is 477 g/mol. The molecule has 2 heterocycles. The number of hydrogen-bond acceptors (Lipinski definition) is 5. The van der Waals surface area contributed by atoms with E-state index >= 15 is 0 Å². The smallest absolute Gasteiger partial charge is 0.263 e. The summed E-state index contributed by atoms with van der Waals surface area (Å²) in [6.45, 7) is 4.48. The second kappa shape index (κ2) is 10.0. The third-order valence-corrected chi connectivity index (χ3v) is 6.49. The van der Waals surface area contributed by atoms with Gasteiger partial charge < -0.3 is 9.73 Å². The standard InChI is InChI=1S/C19H20ClN3O3S.2ClH/c20-17-3-1-2-4-18(17)27(24,25)22-16-11-14-5-10-26-19(14)15(12-16)13-23-8-6-21-7-9-23;;/h1-5,10-12,21-22H,6-9,13H2;2*1H. The van der Waals surface area contributed by atoms with E-state index < -0.39 is 10.0 Å². The predicted molar refractivity (Wildman–Crippen MR) is 121 cm³/mol. The van der Waals surface area contributed by atoms with Crippen molar-refractivity contribution in [2.24, 2.45) is 0 Å². The molecule has 4 rings (SSSR count). The zero-order valence-electron chi connectivity index (χ0n) is 15.4. The maximum Gasteiger partial charge on any atom is 0.263 e. The maximum absolute atomic E-state index is 12.8. The molecule has 6 nitrogen and oxygen atoms in total. The molecule has 0 aliphatic carbocycles. The van der Waals surface area contributed by atoms with Gasteiger partial charge in [-0.15, -0.1) is 24.8 Å². The molecule has 1 saturated heterocycles. The molecule has 10 heteroatoms. The molecule has 158 valence electrons. The van der Waals surface area contributed by atoms with E-state index in [1.165, 1.54) is 6.07 Å². The molecule has 1 aliphatic rings. The van der Waals surface area contributed by atoms with Crippen molar-refractivity contribution in [2.45, 2.75) is 11.4 Å². The number of benzene rings is 2. The summed E-state index contributed by atoms with van der Waals surface area (Å²) in [5, 5.41) is 4.38. The van der Waals surface area contributed by atoms with Crippen LogP contribution in [-0.4, -0.2) is 39.5 Å². The van der Waals surface area contributed by atoms with Crippen molar-refractivity contribution in [3.05, 3.63) is 59.3 Å². The molecule has 3 aromatic rings. The van der Waals surface area contributed by atoms with Crippen molar-refractivity contribution in [1.29, 1.82) is 0 Å². The number of hydrogen-bond donors (Lipinski definition) is 2. The summed E-state index contributed by atoms with van der Waals surface area (Å²) in [5.74, 6) is 0. The van der Waals surface area contributed by atoms with Crippen molar-refractivity contribution in [1.82, 2.24) is 10.2 Å². The number of nitrogens with zero attached hydrogens (tertiary/aromatic N) is 1. The molecule has 2 aromatic carbocycles. The minimum Gasteiger partial charge on any atom is -0.464 e. The molecule has 29 heavy (non-hydrogen) atoms. The molecule has 0 bridgehead atoms. The summed E-state index contributed by atoms with van der Waals surface area (Å²) in [5.41, 5.74) is 2.24. The molecule has 0 unspecified atom stereocenters. The van der Waals surface area contributed by atoms with E-state index in [4.69, 9.17) is 16.0 Å². The molecular weight excluding hydrogens is 457 g/mol. The summed E-state index contributed by atoms with van der Waals surface area (Å²) in [7, 11) is -3.78. The fourth-order valence-corrected chi connectivity index (χ4v) is 4.88. The van der Waals surface area contributed by atoms with Crippen LogP contribution in [0.15, 0.2) is 58.0 Å². The van der Waals surface area contributed by atoms with Gasteiger partial charge in [-0.1, -0.05) is 23.7 Å². The minimum absolute atomic E-state index is 0. The first-order chi connectivity index (χ1) is 13.0. The Morgan fingerprint density at radius 3 is 2.55 bits per heavy atom. The quantitative estimate of drug-likeness (QED) is 0.576. The summed E-state index contributed by atoms with van der Waals surface area (Å²) in [6.07, 6.45) is 1.62. The normalized spacial score (nSPS) is 14.8. The summed E-state index contributed by atoms with van der Waals surface area (Å²) >= 11 is 6.07. The van der Waals surface area contributed by atoms with Gasteiger partial charge in [0.25, 0.3) is 10.0 Å². The van der Waals surface area contributed by atoms with Gasteiger partial charge in [-0.3, -0.25) is 9.62 Å². The molecule has 1 aliphatic heterocycles. The van der Waals surface area contributed by atoms with E-state index in [1.54, 1.807) is 30.5 Å². The highest BCUT2D eigenvalue weighted by atomic mass is 35.5. The third-order valence-electron chi connectivity index (χ3n) is 4.61. The van der Waals surface area contributed by atoms with Crippen molar-refractivity contribution in [3.8, 4) is 0 Å². The van der Waals surface area contributed by atoms with Gasteiger partial charge in [0.05, 0.1) is 17.0 Å². The van der Waals surface area contributed by atoms with Gasteiger partial charge in [0.1, 0.15) is 10.5 Å². The highest BCUT2D eigenvalue weighted by Crippen LogP contribution is 2.29. The fraction of sp³-hybridized carbons (Fsp3) is 0.263. The van der Waals surface area contributed by atoms with Crippen LogP contribution in [0.1, 0.15) is 5.56 Å². The Kier molecular flexibility index (Phi) is 8.22. The van der Waals surface area contributed by atoms with Gasteiger partial charge in [-0.05, 0) is 30.3 Å². The number of anilines is 1. The van der Waals surface area contributed by atoms with Crippen LogP contribution in [0.25, 0.3) is 11.0 Å². The summed E-state index contributed by atoms with van der Waals surface area (Å²) in [6, 6.07) is 11.8. The Hall–Kier alpha value is -1.48. The van der Waals surface area contributed by atoms with E-state index in [0.29, 0.717) is 12.2 Å². The number of piperazine rings is 1. The van der Waals surface area contributed by atoms with Crippen molar-refractivity contribution >= 4 is 63.1 Å². The first-order valence-corrected chi connectivity index (χ1v) is 10.6. The number of halogens is 3. The van der Waals surface area contributed by atoms with E-state index in [-0.39, 0.29) is 34.7 Å². The zero-order valence-corrected chi connectivity index (χ0v) is 18.6. The lowest BCUT2D eigenvalue weighted by atomic mass is 10.1. The van der Waals surface area contributed by atoms with Gasteiger partial charge in [-0.25, -0.2) is 8.42 Å². The highest BCUT2D eigenvalue weighted by Gasteiger charge is 2.20. The molecule has 0 radical (unpaired) electrons. The Morgan fingerprint density at radius 1 is 1.10 bits per heavy atom. The number of sulfonamides is 1. The van der Waals surface area contributed by atoms with E-state index in [2.05, 4.69) is 14.9 Å². The molecule has 0 spiro atoms. The largest absolute Gasteiger partial charge is 0.464 e. The van der Waals surface area contributed by atoms with Gasteiger partial charge in [-0.2, -0.15) is 0 Å². The van der Waals surface area contributed by atoms with Crippen LogP contribution in [0.3, 0.4) is 0 Å². The Labute approximate surface area is 187 Å². The minimum atomic E-state index is -3.78. The van der Waals surface area contributed by atoms with Crippen LogP contribution in [0.4, 0.5) is 5.69 Å². The molecular formula is C19H22Cl3N3O3S. The molecule has 1 fully saturated rings. The number of rotatable bonds is 5. The van der Waals surface area contributed by atoms with Crippen molar-refractivity contribution < 1.29 is 12.8 Å². The van der Waals surface area contributed by atoms with E-state index in [0.717, 1.165) is 42.7 Å². The van der Waals surface area contributed by atoms with Gasteiger partial charge in [0.15, 0.2) is 0 Å². The molecule has 2 N–H and O–H groups in total. The van der Waals surface area contributed by atoms with Crippen molar-refractivity contribution in [2.75, 3.05) is 30.9 Å². The third kappa shape index (κ3) is 5.36. The SMILES string of the molecule is Cl.Cl.O=S(=O)(Nc1cc(CN2CCNCC2)c2occc2c1)c1ccccc1Cl. The van der Waals surface area contributed by atoms with Gasteiger partial charge >= 0.3 is 0 Å². The van der Waals surface area contributed by atoms with Crippen LogP contribution >= 0.6 is 36.4 Å². The highest BCUT2D eigenvalue weighted by molar-refractivity contribution is 7.92. The predicted octanol–water partition coefficient (Wildman–Crippen LogP) is 4.14. The Balaban J connectivity index is 0.00000150. The van der Waals surface area contributed by atoms with Crippen LogP contribution in [0.5, 0.6) is 0 Å². The summed E-state index contributed by atoms with van der Waals surface area (Å²) < 4.78 is 33.8. The molecule has 0 saturated carbocycles. The topological polar surface area (TPSA) is 74.6 Å². The fourth-order valence-electron chi connectivity index (χ4n) is 3.32. The Morgan fingerprint density at radius 2 is 1.83 bits per heavy atom. The lowest BCUT2D eigenvalue weighted by molar-refractivity contribution is 0.233. The van der Waals surface area contributed by atoms with Gasteiger partial charge in [0.2, 0.25) is 0 Å². The lowest BCUT2D eigenvalue weighted by Crippen LogP contribution is -2.42. The van der Waals surface area contributed by atoms with Crippen LogP contribution in [0, 0.1) is 0 Å². The van der Waals surface area contributed by atoms with E-state index in [1.807, 2.05) is 12.1 Å². The van der Waals surface area contributed by atoms with Crippen LogP contribution < -0.4 is 10.0 Å². The zero-order chi connectivity index (χ0) is 18.9. The summed E-state index contributed by atoms with van der Waals surface area (Å²) in [4.78, 5) is 2.38. The first kappa shape index (κ1) is 23.8. The van der Waals surface area contributed by atoms with Crippen LogP contribution in [0.2, 0.25) is 5.02 Å². The maximum atomic E-state index is 12.8. The number of furan rings is 1. The van der Waals surface area contributed by atoms with Crippen molar-refractivity contribution in [3.63, 3.8) is 0 Å². The number of fused-ring (bicyclic) bond motifs is 1.